The number of hydrogen-bond donors (Lipinski definition) is 0. The van der Waals surface area contributed by atoms with Gasteiger partial charge in [-0.25, -0.2) is 0 Å². The Hall–Kier alpha value is -3.12. The highest BCUT2D eigenvalue weighted by molar-refractivity contribution is 5.96. The minimum Gasteiger partial charge on any atom is -0.497 e. The zero-order valence-corrected chi connectivity index (χ0v) is 16.7. The fourth-order valence-corrected chi connectivity index (χ4v) is 3.54. The zero-order valence-electron chi connectivity index (χ0n) is 16.7. The second-order valence-electron chi connectivity index (χ2n) is 7.01. The molecule has 0 bridgehead atoms. The van der Waals surface area contributed by atoms with Gasteiger partial charge in [-0.1, -0.05) is 18.2 Å². The highest BCUT2D eigenvalue weighted by atomic mass is 16.5. The van der Waals surface area contributed by atoms with Gasteiger partial charge in [0, 0.05) is 30.7 Å². The first-order valence-corrected chi connectivity index (χ1v) is 9.68. The molecule has 0 unspecified atom stereocenters. The van der Waals surface area contributed by atoms with Crippen molar-refractivity contribution < 1.29 is 19.0 Å². The topological polar surface area (TPSA) is 60.9 Å². The maximum Gasteiger partial charge on any atom is 0.260 e. The SMILES string of the molecule is COc1cc(OCC(=O)N2CCOCC2)cc(-c2ccc(C)c3ncccc23)c1. The summed E-state index contributed by atoms with van der Waals surface area (Å²) >= 11 is 0. The van der Waals surface area contributed by atoms with Crippen LogP contribution in [0.3, 0.4) is 0 Å². The molecule has 1 aliphatic heterocycles. The summed E-state index contributed by atoms with van der Waals surface area (Å²) in [5.74, 6) is 1.23. The lowest BCUT2D eigenvalue weighted by Crippen LogP contribution is -2.42. The van der Waals surface area contributed by atoms with E-state index in [1.807, 2.05) is 18.2 Å². The number of fused-ring (bicyclic) bond motifs is 1. The molecule has 6 heteroatoms. The average Bonchev–Trinajstić information content (AvgIpc) is 2.78. The van der Waals surface area contributed by atoms with Gasteiger partial charge in [0.2, 0.25) is 0 Å². The maximum absolute atomic E-state index is 12.4. The Morgan fingerprint density at radius 2 is 1.93 bits per heavy atom. The number of aryl methyl sites for hydroxylation is 1. The average molecular weight is 392 g/mol. The number of aromatic nitrogens is 1. The molecule has 0 saturated carbocycles. The number of nitrogens with zero attached hydrogens (tertiary/aromatic N) is 2. The van der Waals surface area contributed by atoms with Crippen molar-refractivity contribution in [3.8, 4) is 22.6 Å². The van der Waals surface area contributed by atoms with Gasteiger partial charge in [0.1, 0.15) is 11.5 Å². The van der Waals surface area contributed by atoms with Crippen molar-refractivity contribution in [1.29, 1.82) is 0 Å². The van der Waals surface area contributed by atoms with Gasteiger partial charge in [0.15, 0.2) is 6.61 Å². The molecule has 2 heterocycles. The monoisotopic (exact) mass is 392 g/mol. The van der Waals surface area contributed by atoms with Gasteiger partial charge >= 0.3 is 0 Å². The predicted octanol–water partition coefficient (Wildman–Crippen LogP) is 3.46. The first kappa shape index (κ1) is 19.2. The fourth-order valence-electron chi connectivity index (χ4n) is 3.54. The summed E-state index contributed by atoms with van der Waals surface area (Å²) in [5, 5.41) is 1.07. The number of rotatable bonds is 5. The summed E-state index contributed by atoms with van der Waals surface area (Å²) in [6, 6.07) is 13.8. The number of hydrogen-bond acceptors (Lipinski definition) is 5. The highest BCUT2D eigenvalue weighted by Gasteiger charge is 2.17. The second-order valence-corrected chi connectivity index (χ2v) is 7.01. The maximum atomic E-state index is 12.4. The third-order valence-corrected chi connectivity index (χ3v) is 5.12. The van der Waals surface area contributed by atoms with Gasteiger partial charge < -0.3 is 19.1 Å². The van der Waals surface area contributed by atoms with Crippen LogP contribution in [-0.4, -0.2) is 55.8 Å². The molecule has 0 atom stereocenters. The van der Waals surface area contributed by atoms with Crippen LogP contribution in [0.5, 0.6) is 11.5 Å². The van der Waals surface area contributed by atoms with Crippen molar-refractivity contribution in [3.63, 3.8) is 0 Å². The smallest absolute Gasteiger partial charge is 0.260 e. The third-order valence-electron chi connectivity index (χ3n) is 5.12. The Balaban J connectivity index is 1.62. The third kappa shape index (κ3) is 4.17. The molecule has 2 aromatic carbocycles. The molecule has 6 nitrogen and oxygen atoms in total. The number of carbonyl (C=O) groups is 1. The van der Waals surface area contributed by atoms with E-state index in [9.17, 15) is 4.79 Å². The van der Waals surface area contributed by atoms with E-state index >= 15 is 0 Å². The lowest BCUT2D eigenvalue weighted by molar-refractivity contribution is -0.137. The molecule has 1 fully saturated rings. The van der Waals surface area contributed by atoms with E-state index in [0.717, 1.165) is 27.6 Å². The zero-order chi connectivity index (χ0) is 20.2. The van der Waals surface area contributed by atoms with Crippen molar-refractivity contribution in [2.75, 3.05) is 40.0 Å². The van der Waals surface area contributed by atoms with E-state index in [4.69, 9.17) is 14.2 Å². The molecule has 150 valence electrons. The van der Waals surface area contributed by atoms with E-state index in [2.05, 4.69) is 30.1 Å². The predicted molar refractivity (Wildman–Crippen MR) is 111 cm³/mol. The molecular formula is C23H24N2O4. The van der Waals surface area contributed by atoms with Crippen molar-refractivity contribution in [2.24, 2.45) is 0 Å². The summed E-state index contributed by atoms with van der Waals surface area (Å²) in [4.78, 5) is 18.7. The minimum atomic E-state index is -0.0392. The molecule has 0 spiro atoms. The molecular weight excluding hydrogens is 368 g/mol. The van der Waals surface area contributed by atoms with Crippen molar-refractivity contribution in [2.45, 2.75) is 6.92 Å². The van der Waals surface area contributed by atoms with Crippen LogP contribution in [-0.2, 0) is 9.53 Å². The summed E-state index contributed by atoms with van der Waals surface area (Å²) in [6.07, 6.45) is 1.80. The van der Waals surface area contributed by atoms with Crippen LogP contribution >= 0.6 is 0 Å². The van der Waals surface area contributed by atoms with Gasteiger partial charge in [0.25, 0.3) is 5.91 Å². The van der Waals surface area contributed by atoms with Gasteiger partial charge in [-0.2, -0.15) is 0 Å². The first-order chi connectivity index (χ1) is 14.2. The summed E-state index contributed by atoms with van der Waals surface area (Å²) in [5.41, 5.74) is 4.09. The molecule has 4 rings (SSSR count). The number of carbonyl (C=O) groups excluding carboxylic acids is 1. The summed E-state index contributed by atoms with van der Waals surface area (Å²) < 4.78 is 16.6. The highest BCUT2D eigenvalue weighted by Crippen LogP contribution is 2.34. The van der Waals surface area contributed by atoms with Crippen molar-refractivity contribution in [1.82, 2.24) is 9.88 Å². The number of methoxy groups -OCH3 is 1. The van der Waals surface area contributed by atoms with E-state index < -0.39 is 0 Å². The number of ether oxygens (including phenoxy) is 3. The Labute approximate surface area is 170 Å². The fraction of sp³-hybridized carbons (Fsp3) is 0.304. The quantitative estimate of drug-likeness (QED) is 0.666. The Morgan fingerprint density at radius 1 is 1.14 bits per heavy atom. The molecule has 0 aliphatic carbocycles. The number of morpholine rings is 1. The Kier molecular flexibility index (Phi) is 5.62. The van der Waals surface area contributed by atoms with Crippen molar-refractivity contribution >= 4 is 16.8 Å². The summed E-state index contributed by atoms with van der Waals surface area (Å²) in [7, 11) is 1.62. The van der Waals surface area contributed by atoms with E-state index in [0.29, 0.717) is 37.8 Å². The van der Waals surface area contributed by atoms with Crippen LogP contribution in [0, 0.1) is 6.92 Å². The molecule has 29 heavy (non-hydrogen) atoms. The lowest BCUT2D eigenvalue weighted by Gasteiger charge is -2.26. The second kappa shape index (κ2) is 8.49. The van der Waals surface area contributed by atoms with Crippen LogP contribution in [0.4, 0.5) is 0 Å². The molecule has 1 amide bonds. The van der Waals surface area contributed by atoms with Crippen LogP contribution in [0.15, 0.2) is 48.7 Å². The normalized spacial score (nSPS) is 14.1. The van der Waals surface area contributed by atoms with E-state index in [1.165, 1.54) is 0 Å². The molecule has 1 aliphatic rings. The standard InChI is InChI=1S/C23H24N2O4/c1-16-5-6-20(21-4-3-7-24-23(16)21)17-12-18(27-2)14-19(13-17)29-15-22(26)25-8-10-28-11-9-25/h3-7,12-14H,8-11,15H2,1-2H3. The van der Waals surface area contributed by atoms with Crippen molar-refractivity contribution in [3.05, 3.63) is 54.2 Å². The van der Waals surface area contributed by atoms with Crippen LogP contribution in [0.25, 0.3) is 22.0 Å². The molecule has 0 N–H and O–H groups in total. The number of benzene rings is 2. The van der Waals surface area contributed by atoms with E-state index in [1.54, 1.807) is 24.3 Å². The molecule has 3 aromatic rings. The van der Waals surface area contributed by atoms with Gasteiger partial charge in [-0.3, -0.25) is 9.78 Å². The Morgan fingerprint density at radius 3 is 2.72 bits per heavy atom. The minimum absolute atomic E-state index is 0.0111. The van der Waals surface area contributed by atoms with E-state index in [-0.39, 0.29) is 12.5 Å². The lowest BCUT2D eigenvalue weighted by atomic mass is 9.98. The number of amides is 1. The Bertz CT molecular complexity index is 1030. The molecule has 1 aromatic heterocycles. The number of pyridine rings is 1. The van der Waals surface area contributed by atoms with Gasteiger partial charge in [-0.05, 0) is 41.8 Å². The van der Waals surface area contributed by atoms with Crippen LogP contribution < -0.4 is 9.47 Å². The largest absolute Gasteiger partial charge is 0.497 e. The molecule has 1 saturated heterocycles. The molecule has 0 radical (unpaired) electrons. The summed E-state index contributed by atoms with van der Waals surface area (Å²) in [6.45, 7) is 4.40. The van der Waals surface area contributed by atoms with Crippen LogP contribution in [0.2, 0.25) is 0 Å². The first-order valence-electron chi connectivity index (χ1n) is 9.68. The van der Waals surface area contributed by atoms with Crippen LogP contribution in [0.1, 0.15) is 5.56 Å². The van der Waals surface area contributed by atoms with Gasteiger partial charge in [-0.15, -0.1) is 0 Å². The van der Waals surface area contributed by atoms with Gasteiger partial charge in [0.05, 0.1) is 25.8 Å².